The van der Waals surface area contributed by atoms with Gasteiger partial charge in [0.25, 0.3) is 0 Å². The molecule has 1 aliphatic rings. The van der Waals surface area contributed by atoms with Gasteiger partial charge in [-0.15, -0.1) is 0 Å². The smallest absolute Gasteiger partial charge is 0.305 e. The van der Waals surface area contributed by atoms with Crippen LogP contribution < -0.4 is 0 Å². The maximum Gasteiger partial charge on any atom is 0.305 e. The summed E-state index contributed by atoms with van der Waals surface area (Å²) in [7, 11) is 1.72. The Morgan fingerprint density at radius 1 is 1.32 bits per heavy atom. The highest BCUT2D eigenvalue weighted by molar-refractivity contribution is 5.86. The number of aliphatic carboxylic acids is 1. The predicted molar refractivity (Wildman–Crippen MR) is 70.5 cm³/mol. The van der Waals surface area contributed by atoms with Gasteiger partial charge in [-0.05, 0) is 5.56 Å². The van der Waals surface area contributed by atoms with Gasteiger partial charge in [0.05, 0.1) is 6.42 Å². The van der Waals surface area contributed by atoms with Crippen molar-refractivity contribution in [1.82, 2.24) is 9.80 Å². The standard InChI is InChI=1S/C14H18N2O3/c1-15-7-8-16(10-11-5-3-2-4-6-11)12(14(15)19)9-13(17)18/h2-6,12H,7-10H2,1H3,(H,17,18)/t12-/m1/s1. The molecule has 1 N–H and O–H groups in total. The van der Waals surface area contributed by atoms with Crippen molar-refractivity contribution >= 4 is 11.9 Å². The topological polar surface area (TPSA) is 60.9 Å². The van der Waals surface area contributed by atoms with E-state index in [0.717, 1.165) is 5.56 Å². The van der Waals surface area contributed by atoms with Gasteiger partial charge in [-0.3, -0.25) is 14.5 Å². The van der Waals surface area contributed by atoms with Crippen LogP contribution in [0.3, 0.4) is 0 Å². The second-order valence-corrected chi connectivity index (χ2v) is 4.83. The molecule has 5 nitrogen and oxygen atoms in total. The van der Waals surface area contributed by atoms with E-state index in [1.165, 1.54) is 0 Å². The van der Waals surface area contributed by atoms with E-state index >= 15 is 0 Å². The fraction of sp³-hybridized carbons (Fsp3) is 0.429. The van der Waals surface area contributed by atoms with Crippen LogP contribution in [0.4, 0.5) is 0 Å². The first kappa shape index (κ1) is 13.5. The van der Waals surface area contributed by atoms with Crippen LogP contribution in [0.2, 0.25) is 0 Å². The molecule has 0 radical (unpaired) electrons. The lowest BCUT2D eigenvalue weighted by molar-refractivity contribution is -0.148. The van der Waals surface area contributed by atoms with E-state index in [9.17, 15) is 9.59 Å². The molecule has 1 fully saturated rings. The Bertz CT molecular complexity index is 461. The summed E-state index contributed by atoms with van der Waals surface area (Å²) in [6.45, 7) is 1.95. The Balaban J connectivity index is 2.12. The largest absolute Gasteiger partial charge is 0.481 e. The van der Waals surface area contributed by atoms with Crippen LogP contribution in [-0.4, -0.2) is 53.0 Å². The summed E-state index contributed by atoms with van der Waals surface area (Å²) in [4.78, 5) is 26.6. The van der Waals surface area contributed by atoms with Crippen LogP contribution >= 0.6 is 0 Å². The van der Waals surface area contributed by atoms with Gasteiger partial charge in [0.2, 0.25) is 5.91 Å². The third-order valence-corrected chi connectivity index (χ3v) is 3.42. The number of hydrogen-bond donors (Lipinski definition) is 1. The number of carbonyl (C=O) groups is 2. The molecule has 1 aromatic carbocycles. The zero-order chi connectivity index (χ0) is 13.8. The number of rotatable bonds is 4. The van der Waals surface area contributed by atoms with Gasteiger partial charge in [0, 0.05) is 26.7 Å². The third kappa shape index (κ3) is 3.32. The van der Waals surface area contributed by atoms with Gasteiger partial charge in [-0.25, -0.2) is 0 Å². The van der Waals surface area contributed by atoms with Crippen LogP contribution in [0.25, 0.3) is 0 Å². The zero-order valence-electron chi connectivity index (χ0n) is 11.0. The molecule has 1 saturated heterocycles. The fourth-order valence-electron chi connectivity index (χ4n) is 2.34. The van der Waals surface area contributed by atoms with Crippen molar-refractivity contribution < 1.29 is 14.7 Å². The Kier molecular flexibility index (Phi) is 4.16. The van der Waals surface area contributed by atoms with Crippen molar-refractivity contribution in [1.29, 1.82) is 0 Å². The molecule has 0 saturated carbocycles. The van der Waals surface area contributed by atoms with Crippen LogP contribution in [-0.2, 0) is 16.1 Å². The number of hydrogen-bond acceptors (Lipinski definition) is 3. The van der Waals surface area contributed by atoms with Crippen molar-refractivity contribution in [3.8, 4) is 0 Å². The summed E-state index contributed by atoms with van der Waals surface area (Å²) in [5.41, 5.74) is 1.09. The van der Waals surface area contributed by atoms with Gasteiger partial charge < -0.3 is 10.0 Å². The van der Waals surface area contributed by atoms with Gasteiger partial charge in [0.1, 0.15) is 6.04 Å². The summed E-state index contributed by atoms with van der Waals surface area (Å²) in [5.74, 6) is -1.05. The lowest BCUT2D eigenvalue weighted by Crippen LogP contribution is -2.55. The SMILES string of the molecule is CN1CCN(Cc2ccccc2)[C@H](CC(=O)O)C1=O. The normalized spacial score (nSPS) is 20.6. The number of piperazine rings is 1. The lowest BCUT2D eigenvalue weighted by atomic mass is 10.1. The lowest BCUT2D eigenvalue weighted by Gasteiger charge is -2.38. The second-order valence-electron chi connectivity index (χ2n) is 4.83. The molecule has 1 aliphatic heterocycles. The quantitative estimate of drug-likeness (QED) is 0.872. The highest BCUT2D eigenvalue weighted by Crippen LogP contribution is 2.17. The monoisotopic (exact) mass is 262 g/mol. The van der Waals surface area contributed by atoms with Crippen molar-refractivity contribution in [2.45, 2.75) is 19.0 Å². The first-order valence-corrected chi connectivity index (χ1v) is 6.32. The van der Waals surface area contributed by atoms with E-state index < -0.39 is 12.0 Å². The number of benzene rings is 1. The molecule has 1 heterocycles. The Labute approximate surface area is 112 Å². The Morgan fingerprint density at radius 2 is 2.00 bits per heavy atom. The molecule has 0 bridgehead atoms. The Hall–Kier alpha value is -1.88. The van der Waals surface area contributed by atoms with E-state index in [1.807, 2.05) is 35.2 Å². The molecule has 0 aromatic heterocycles. The Morgan fingerprint density at radius 3 is 2.63 bits per heavy atom. The van der Waals surface area contributed by atoms with Gasteiger partial charge in [0.15, 0.2) is 0 Å². The van der Waals surface area contributed by atoms with Crippen molar-refractivity contribution in [3.05, 3.63) is 35.9 Å². The molecule has 1 atom stereocenters. The number of likely N-dealkylation sites (N-methyl/N-ethyl adjacent to an activating group) is 1. The molecule has 0 aliphatic carbocycles. The highest BCUT2D eigenvalue weighted by atomic mass is 16.4. The minimum absolute atomic E-state index is 0.107. The summed E-state index contributed by atoms with van der Waals surface area (Å²) >= 11 is 0. The molecule has 0 unspecified atom stereocenters. The molecule has 102 valence electrons. The highest BCUT2D eigenvalue weighted by Gasteiger charge is 2.34. The van der Waals surface area contributed by atoms with Crippen LogP contribution in [0, 0.1) is 0 Å². The average Bonchev–Trinajstić information content (AvgIpc) is 2.39. The maximum absolute atomic E-state index is 12.1. The van der Waals surface area contributed by atoms with E-state index in [4.69, 9.17) is 5.11 Å². The predicted octanol–water partition coefficient (Wildman–Crippen LogP) is 0.804. The van der Waals surface area contributed by atoms with Crippen molar-refractivity contribution in [2.24, 2.45) is 0 Å². The molecule has 0 spiro atoms. The number of carbonyl (C=O) groups excluding carboxylic acids is 1. The van der Waals surface area contributed by atoms with E-state index in [1.54, 1.807) is 11.9 Å². The van der Waals surface area contributed by atoms with Gasteiger partial charge in [-0.2, -0.15) is 0 Å². The van der Waals surface area contributed by atoms with Crippen LogP contribution in [0.1, 0.15) is 12.0 Å². The van der Waals surface area contributed by atoms with Crippen molar-refractivity contribution in [3.63, 3.8) is 0 Å². The number of amides is 1. The van der Waals surface area contributed by atoms with E-state index in [-0.39, 0.29) is 12.3 Å². The van der Waals surface area contributed by atoms with Crippen LogP contribution in [0.5, 0.6) is 0 Å². The van der Waals surface area contributed by atoms with Gasteiger partial charge in [-0.1, -0.05) is 30.3 Å². The van der Waals surface area contributed by atoms with E-state index in [2.05, 4.69) is 0 Å². The van der Waals surface area contributed by atoms with Crippen molar-refractivity contribution in [2.75, 3.05) is 20.1 Å². The summed E-state index contributed by atoms with van der Waals surface area (Å²) in [5, 5.41) is 8.96. The first-order chi connectivity index (χ1) is 9.08. The number of carboxylic acid groups (broad SMARTS) is 1. The molecule has 1 amide bonds. The van der Waals surface area contributed by atoms with E-state index in [0.29, 0.717) is 19.6 Å². The third-order valence-electron chi connectivity index (χ3n) is 3.42. The zero-order valence-corrected chi connectivity index (χ0v) is 11.0. The minimum Gasteiger partial charge on any atom is -0.481 e. The number of nitrogens with zero attached hydrogens (tertiary/aromatic N) is 2. The molecular weight excluding hydrogens is 244 g/mol. The summed E-state index contributed by atoms with van der Waals surface area (Å²) in [6, 6.07) is 9.24. The summed E-state index contributed by atoms with van der Waals surface area (Å²) < 4.78 is 0. The second kappa shape index (κ2) is 5.84. The first-order valence-electron chi connectivity index (χ1n) is 6.32. The molecule has 2 rings (SSSR count). The molecule has 5 heteroatoms. The van der Waals surface area contributed by atoms with Gasteiger partial charge >= 0.3 is 5.97 Å². The van der Waals surface area contributed by atoms with Crippen LogP contribution in [0.15, 0.2) is 30.3 Å². The number of carboxylic acids is 1. The molecule has 19 heavy (non-hydrogen) atoms. The molecule has 1 aromatic rings. The summed E-state index contributed by atoms with van der Waals surface area (Å²) in [6.07, 6.45) is -0.143. The molecular formula is C14H18N2O3. The maximum atomic E-state index is 12.1. The minimum atomic E-state index is -0.938. The fourth-order valence-corrected chi connectivity index (χ4v) is 2.34. The average molecular weight is 262 g/mol.